The van der Waals surface area contributed by atoms with Gasteiger partial charge in [0.1, 0.15) is 5.75 Å². The predicted molar refractivity (Wildman–Crippen MR) is 114 cm³/mol. The lowest BCUT2D eigenvalue weighted by molar-refractivity contribution is 0.1000. The molecule has 0 unspecified atom stereocenters. The van der Waals surface area contributed by atoms with E-state index in [1.165, 1.54) is 11.3 Å². The lowest BCUT2D eigenvalue weighted by Gasteiger charge is -2.13. The number of carbonyl (C=O) groups is 1. The molecule has 3 rings (SSSR count). The van der Waals surface area contributed by atoms with Gasteiger partial charge in [-0.2, -0.15) is 0 Å². The summed E-state index contributed by atoms with van der Waals surface area (Å²) in [6, 6.07) is 18.3. The van der Waals surface area contributed by atoms with E-state index in [9.17, 15) is 4.79 Å². The second kappa shape index (κ2) is 8.79. The Bertz CT molecular complexity index is 941. The van der Waals surface area contributed by atoms with Gasteiger partial charge in [0.2, 0.25) is 0 Å². The Balaban J connectivity index is 2.09. The number of methoxy groups -OCH3 is 1. The lowest BCUT2D eigenvalue weighted by Crippen LogP contribution is -2.14. The maximum absolute atomic E-state index is 12.4. The largest absolute Gasteiger partial charge is 0.497 e. The van der Waals surface area contributed by atoms with E-state index in [1.54, 1.807) is 7.11 Å². The number of nitrogens with zero attached hydrogens (tertiary/aromatic N) is 1. The minimum atomic E-state index is -0.376. The summed E-state index contributed by atoms with van der Waals surface area (Å²) in [6.45, 7) is 4.98. The molecule has 4 nitrogen and oxygen atoms in total. The highest BCUT2D eigenvalue weighted by Gasteiger charge is 2.24. The first-order chi connectivity index (χ1) is 13.6. The molecule has 1 amide bonds. The number of carbonyl (C=O) groups excluding carboxylic acids is 1. The first kappa shape index (κ1) is 19.7. The summed E-state index contributed by atoms with van der Waals surface area (Å²) in [4.78, 5) is 12.4. The molecule has 0 saturated heterocycles. The highest BCUT2D eigenvalue weighted by molar-refractivity contribution is 6.02. The third kappa shape index (κ3) is 3.96. The number of hydrogen-bond donors (Lipinski definition) is 1. The van der Waals surface area contributed by atoms with Crippen molar-refractivity contribution in [3.8, 4) is 16.9 Å². The first-order valence-electron chi connectivity index (χ1n) is 9.76. The number of ether oxygens (including phenoxy) is 1. The van der Waals surface area contributed by atoms with Crippen molar-refractivity contribution in [1.29, 1.82) is 0 Å². The fourth-order valence-corrected chi connectivity index (χ4v) is 3.85. The molecule has 1 aromatic heterocycles. The SMILES string of the molecule is CCCc1c(-c2ccc(OC)cc2)c(C(N)=O)c(C)n1CCc1ccccc1. The van der Waals surface area contributed by atoms with Crippen molar-refractivity contribution < 1.29 is 9.53 Å². The molecule has 4 heteroatoms. The van der Waals surface area contributed by atoms with E-state index in [4.69, 9.17) is 10.5 Å². The summed E-state index contributed by atoms with van der Waals surface area (Å²) < 4.78 is 7.55. The molecule has 0 aliphatic carbocycles. The van der Waals surface area contributed by atoms with Crippen LogP contribution in [0.2, 0.25) is 0 Å². The van der Waals surface area contributed by atoms with Gasteiger partial charge in [-0.3, -0.25) is 4.79 Å². The van der Waals surface area contributed by atoms with Crippen molar-refractivity contribution in [3.05, 3.63) is 77.1 Å². The number of hydrogen-bond acceptors (Lipinski definition) is 2. The Morgan fingerprint density at radius 2 is 1.71 bits per heavy atom. The van der Waals surface area contributed by atoms with Crippen molar-refractivity contribution in [1.82, 2.24) is 4.57 Å². The molecule has 3 aromatic rings. The molecule has 0 saturated carbocycles. The maximum Gasteiger partial charge on any atom is 0.251 e. The average molecular weight is 377 g/mol. The molecule has 146 valence electrons. The number of aromatic nitrogens is 1. The summed E-state index contributed by atoms with van der Waals surface area (Å²) in [6.07, 6.45) is 2.80. The van der Waals surface area contributed by atoms with E-state index in [0.717, 1.165) is 48.4 Å². The Kier molecular flexibility index (Phi) is 6.19. The highest BCUT2D eigenvalue weighted by atomic mass is 16.5. The van der Waals surface area contributed by atoms with Crippen LogP contribution >= 0.6 is 0 Å². The van der Waals surface area contributed by atoms with Gasteiger partial charge in [0.15, 0.2) is 0 Å². The van der Waals surface area contributed by atoms with Crippen molar-refractivity contribution in [2.24, 2.45) is 5.73 Å². The molecular weight excluding hydrogens is 348 g/mol. The lowest BCUT2D eigenvalue weighted by atomic mass is 9.98. The molecule has 28 heavy (non-hydrogen) atoms. The van der Waals surface area contributed by atoms with Gasteiger partial charge in [-0.25, -0.2) is 0 Å². The third-order valence-corrected chi connectivity index (χ3v) is 5.21. The Hall–Kier alpha value is -3.01. The smallest absolute Gasteiger partial charge is 0.251 e. The van der Waals surface area contributed by atoms with Gasteiger partial charge < -0.3 is 15.0 Å². The maximum atomic E-state index is 12.4. The topological polar surface area (TPSA) is 57.2 Å². The van der Waals surface area contributed by atoms with Crippen molar-refractivity contribution >= 4 is 5.91 Å². The molecule has 0 atom stereocenters. The van der Waals surface area contributed by atoms with E-state index >= 15 is 0 Å². The molecule has 0 aliphatic rings. The van der Waals surface area contributed by atoms with E-state index in [1.807, 2.05) is 37.3 Å². The van der Waals surface area contributed by atoms with Crippen LogP contribution in [0.15, 0.2) is 54.6 Å². The molecule has 2 N–H and O–H groups in total. The number of primary amides is 1. The van der Waals surface area contributed by atoms with Gasteiger partial charge in [-0.1, -0.05) is 55.8 Å². The molecule has 0 radical (unpaired) electrons. The summed E-state index contributed by atoms with van der Waals surface area (Å²) in [5.41, 5.74) is 11.8. The van der Waals surface area contributed by atoms with Gasteiger partial charge in [-0.15, -0.1) is 0 Å². The van der Waals surface area contributed by atoms with Crippen LogP contribution in [0.3, 0.4) is 0 Å². The van der Waals surface area contributed by atoms with Gasteiger partial charge in [0.25, 0.3) is 5.91 Å². The standard InChI is InChI=1S/C24H28N2O2/c1-4-8-21-23(19-11-13-20(28-3)14-12-19)22(24(25)27)17(2)26(21)16-15-18-9-6-5-7-10-18/h5-7,9-14H,4,8,15-16H2,1-3H3,(H2,25,27). The quantitative estimate of drug-likeness (QED) is 0.616. The predicted octanol–water partition coefficient (Wildman–Crippen LogP) is 4.77. The molecule has 0 bridgehead atoms. The van der Waals surface area contributed by atoms with Crippen LogP contribution < -0.4 is 10.5 Å². The minimum absolute atomic E-state index is 0.376. The molecule has 0 spiro atoms. The molecule has 2 aromatic carbocycles. The monoisotopic (exact) mass is 376 g/mol. The second-order valence-electron chi connectivity index (χ2n) is 7.01. The number of benzene rings is 2. The van der Waals surface area contributed by atoms with E-state index in [2.05, 4.69) is 35.8 Å². The minimum Gasteiger partial charge on any atom is -0.497 e. The summed E-state index contributed by atoms with van der Waals surface area (Å²) in [7, 11) is 1.65. The van der Waals surface area contributed by atoms with Gasteiger partial charge >= 0.3 is 0 Å². The summed E-state index contributed by atoms with van der Waals surface area (Å²) in [5.74, 6) is 0.417. The zero-order chi connectivity index (χ0) is 20.1. The fraction of sp³-hybridized carbons (Fsp3) is 0.292. The Morgan fingerprint density at radius 3 is 2.29 bits per heavy atom. The Morgan fingerprint density at radius 1 is 1.04 bits per heavy atom. The third-order valence-electron chi connectivity index (χ3n) is 5.21. The van der Waals surface area contributed by atoms with Crippen molar-refractivity contribution in [3.63, 3.8) is 0 Å². The summed E-state index contributed by atoms with van der Waals surface area (Å²) in [5, 5.41) is 0. The van der Waals surface area contributed by atoms with Crippen molar-refractivity contribution in [2.45, 2.75) is 39.7 Å². The normalized spacial score (nSPS) is 10.8. The zero-order valence-corrected chi connectivity index (χ0v) is 16.9. The van der Waals surface area contributed by atoms with Gasteiger partial charge in [-0.05, 0) is 43.0 Å². The fourth-order valence-electron chi connectivity index (χ4n) is 3.85. The zero-order valence-electron chi connectivity index (χ0n) is 16.9. The van der Waals surface area contributed by atoms with Crippen LogP contribution in [0, 0.1) is 6.92 Å². The first-order valence-corrected chi connectivity index (χ1v) is 9.76. The van der Waals surface area contributed by atoms with Crippen LogP contribution in [-0.4, -0.2) is 17.6 Å². The molecular formula is C24H28N2O2. The molecule has 0 aliphatic heterocycles. The van der Waals surface area contributed by atoms with Crippen LogP contribution in [0.25, 0.3) is 11.1 Å². The summed E-state index contributed by atoms with van der Waals surface area (Å²) >= 11 is 0. The van der Waals surface area contributed by atoms with Gasteiger partial charge in [0, 0.05) is 23.5 Å². The van der Waals surface area contributed by atoms with E-state index < -0.39 is 0 Å². The highest BCUT2D eigenvalue weighted by Crippen LogP contribution is 2.34. The number of amides is 1. The van der Waals surface area contributed by atoms with E-state index in [-0.39, 0.29) is 5.91 Å². The van der Waals surface area contributed by atoms with Crippen molar-refractivity contribution in [2.75, 3.05) is 7.11 Å². The Labute approximate surface area is 166 Å². The average Bonchev–Trinajstić information content (AvgIpc) is 2.99. The number of rotatable bonds is 8. The van der Waals surface area contributed by atoms with Crippen LogP contribution in [-0.2, 0) is 19.4 Å². The second-order valence-corrected chi connectivity index (χ2v) is 7.01. The van der Waals surface area contributed by atoms with Crippen LogP contribution in [0.5, 0.6) is 5.75 Å². The number of nitrogens with two attached hydrogens (primary N) is 1. The van der Waals surface area contributed by atoms with Gasteiger partial charge in [0.05, 0.1) is 12.7 Å². The van der Waals surface area contributed by atoms with Crippen LogP contribution in [0.4, 0.5) is 0 Å². The molecule has 1 heterocycles. The number of aryl methyl sites for hydroxylation is 1. The van der Waals surface area contributed by atoms with E-state index in [0.29, 0.717) is 5.56 Å². The van der Waals surface area contributed by atoms with Crippen LogP contribution in [0.1, 0.15) is 40.7 Å². The molecule has 0 fully saturated rings.